The van der Waals surface area contributed by atoms with Crippen molar-refractivity contribution in [3.8, 4) is 5.13 Å². The molecule has 1 amide bonds. The predicted octanol–water partition coefficient (Wildman–Crippen LogP) is 2.01. The molecule has 1 N–H and O–H groups in total. The molecule has 31 heavy (non-hydrogen) atoms. The molecule has 0 unspecified atom stereocenters. The van der Waals surface area contributed by atoms with Crippen molar-refractivity contribution in [3.63, 3.8) is 0 Å². The van der Waals surface area contributed by atoms with Crippen molar-refractivity contribution in [2.45, 2.75) is 26.9 Å². The molecule has 4 aromatic rings. The van der Waals surface area contributed by atoms with Crippen LogP contribution in [-0.2, 0) is 13.1 Å². The van der Waals surface area contributed by atoms with Gasteiger partial charge in [-0.15, -0.1) is 0 Å². The summed E-state index contributed by atoms with van der Waals surface area (Å²) < 4.78 is 15.6. The van der Waals surface area contributed by atoms with Crippen LogP contribution < -0.4 is 11.0 Å². The molecule has 4 rings (SSSR count). The van der Waals surface area contributed by atoms with Gasteiger partial charge < -0.3 is 5.32 Å². The fraction of sp³-hybridized carbons (Fsp3) is 0.200. The van der Waals surface area contributed by atoms with Crippen molar-refractivity contribution >= 4 is 17.2 Å². The van der Waals surface area contributed by atoms with Gasteiger partial charge in [0.1, 0.15) is 17.0 Å². The van der Waals surface area contributed by atoms with Gasteiger partial charge in [0.05, 0.1) is 36.4 Å². The number of rotatable bonds is 6. The van der Waals surface area contributed by atoms with Gasteiger partial charge in [0.25, 0.3) is 5.91 Å². The minimum Gasteiger partial charge on any atom is -0.346 e. The van der Waals surface area contributed by atoms with E-state index in [2.05, 4.69) is 25.4 Å². The van der Waals surface area contributed by atoms with Crippen LogP contribution in [0.3, 0.4) is 0 Å². The fourth-order valence-electron chi connectivity index (χ4n) is 2.80. The van der Waals surface area contributed by atoms with E-state index in [0.717, 1.165) is 22.6 Å². The van der Waals surface area contributed by atoms with Gasteiger partial charge in [-0.3, -0.25) is 14.8 Å². The normalized spacial score (nSPS) is 10.9. The Bertz CT molecular complexity index is 1280. The summed E-state index contributed by atoms with van der Waals surface area (Å²) in [6.45, 7) is 3.96. The molecule has 0 atom stereocenters. The third-order valence-corrected chi connectivity index (χ3v) is 5.60. The molecule has 0 bridgehead atoms. The van der Waals surface area contributed by atoms with Gasteiger partial charge in [0.15, 0.2) is 5.13 Å². The SMILES string of the molecule is Cc1cnc(CNC(=O)c2sc(-n3cnn(Cc4ccc(F)cc4)c3=O)nc2C)cn1. The molecule has 0 saturated carbocycles. The van der Waals surface area contributed by atoms with Crippen LogP contribution in [0.2, 0.25) is 0 Å². The van der Waals surface area contributed by atoms with Gasteiger partial charge in [-0.1, -0.05) is 23.5 Å². The van der Waals surface area contributed by atoms with Crippen LogP contribution in [0.5, 0.6) is 0 Å². The second-order valence-electron chi connectivity index (χ2n) is 6.81. The van der Waals surface area contributed by atoms with Crippen LogP contribution in [0.15, 0.2) is 47.8 Å². The summed E-state index contributed by atoms with van der Waals surface area (Å²) in [6.07, 6.45) is 4.59. The second kappa shape index (κ2) is 8.56. The highest BCUT2D eigenvalue weighted by molar-refractivity contribution is 7.16. The molecule has 0 saturated heterocycles. The predicted molar refractivity (Wildman–Crippen MR) is 112 cm³/mol. The molecule has 3 aromatic heterocycles. The van der Waals surface area contributed by atoms with Gasteiger partial charge in [0, 0.05) is 6.20 Å². The number of carbonyl (C=O) groups is 1. The molecule has 3 heterocycles. The highest BCUT2D eigenvalue weighted by Crippen LogP contribution is 2.20. The molecule has 0 aliphatic carbocycles. The monoisotopic (exact) mass is 439 g/mol. The number of hydrogen-bond acceptors (Lipinski definition) is 7. The average molecular weight is 439 g/mol. The third-order valence-electron chi connectivity index (χ3n) is 4.44. The van der Waals surface area contributed by atoms with Gasteiger partial charge in [0.2, 0.25) is 0 Å². The van der Waals surface area contributed by atoms with E-state index in [-0.39, 0.29) is 24.8 Å². The second-order valence-corrected chi connectivity index (χ2v) is 7.79. The highest BCUT2D eigenvalue weighted by atomic mass is 32.1. The van der Waals surface area contributed by atoms with E-state index in [1.54, 1.807) is 31.5 Å². The molecule has 0 radical (unpaired) electrons. The summed E-state index contributed by atoms with van der Waals surface area (Å²) in [7, 11) is 0. The lowest BCUT2D eigenvalue weighted by atomic mass is 10.2. The molecular formula is C20H18FN7O2S. The first-order valence-corrected chi connectivity index (χ1v) is 10.1. The number of benzene rings is 1. The molecular weight excluding hydrogens is 421 g/mol. The van der Waals surface area contributed by atoms with E-state index >= 15 is 0 Å². The van der Waals surface area contributed by atoms with Crippen molar-refractivity contribution in [2.75, 3.05) is 0 Å². The number of amides is 1. The molecule has 9 nitrogen and oxygen atoms in total. The first kappa shape index (κ1) is 20.5. The number of aryl methyl sites for hydroxylation is 2. The topological polar surface area (TPSA) is 108 Å². The summed E-state index contributed by atoms with van der Waals surface area (Å²) >= 11 is 1.09. The minimum absolute atomic E-state index is 0.196. The largest absolute Gasteiger partial charge is 0.352 e. The maximum atomic E-state index is 13.1. The van der Waals surface area contributed by atoms with Crippen molar-refractivity contribution in [1.29, 1.82) is 0 Å². The van der Waals surface area contributed by atoms with E-state index < -0.39 is 5.69 Å². The molecule has 0 spiro atoms. The van der Waals surface area contributed by atoms with E-state index in [1.807, 2.05) is 6.92 Å². The van der Waals surface area contributed by atoms with Crippen molar-refractivity contribution in [3.05, 3.63) is 86.8 Å². The summed E-state index contributed by atoms with van der Waals surface area (Å²) in [4.78, 5) is 38.4. The van der Waals surface area contributed by atoms with Crippen LogP contribution in [0.25, 0.3) is 5.13 Å². The molecule has 1 aromatic carbocycles. The Labute approximate surface area is 180 Å². The van der Waals surface area contributed by atoms with Gasteiger partial charge in [-0.25, -0.2) is 23.4 Å². The highest BCUT2D eigenvalue weighted by Gasteiger charge is 2.18. The Kier molecular flexibility index (Phi) is 5.67. The molecule has 0 aliphatic rings. The summed E-state index contributed by atoms with van der Waals surface area (Å²) in [5, 5.41) is 7.23. The Morgan fingerprint density at radius 3 is 2.65 bits per heavy atom. The number of nitrogens with one attached hydrogen (secondary N) is 1. The Morgan fingerprint density at radius 2 is 1.94 bits per heavy atom. The quantitative estimate of drug-likeness (QED) is 0.493. The number of halogens is 1. The van der Waals surface area contributed by atoms with E-state index in [4.69, 9.17) is 0 Å². The molecule has 158 valence electrons. The standard InChI is InChI=1S/C20H18FN7O2S/c1-12-7-23-16(8-22-12)9-24-18(29)17-13(2)26-19(31-17)27-11-25-28(20(27)30)10-14-3-5-15(21)6-4-14/h3-8,11H,9-10H2,1-2H3,(H,24,29). The van der Waals surface area contributed by atoms with Crippen LogP contribution in [-0.4, -0.2) is 35.2 Å². The Hall–Kier alpha value is -3.73. The van der Waals surface area contributed by atoms with E-state index in [0.29, 0.717) is 21.4 Å². The first-order chi connectivity index (χ1) is 14.9. The zero-order valence-corrected chi connectivity index (χ0v) is 17.6. The lowest BCUT2D eigenvalue weighted by Crippen LogP contribution is -2.24. The lowest BCUT2D eigenvalue weighted by Gasteiger charge is -2.03. The Morgan fingerprint density at radius 1 is 1.16 bits per heavy atom. The maximum absolute atomic E-state index is 13.1. The van der Waals surface area contributed by atoms with Crippen molar-refractivity contribution < 1.29 is 9.18 Å². The van der Waals surface area contributed by atoms with Crippen LogP contribution in [0.1, 0.15) is 32.3 Å². The smallest absolute Gasteiger partial charge is 0.346 e. The molecule has 11 heteroatoms. The van der Waals surface area contributed by atoms with Gasteiger partial charge in [-0.2, -0.15) is 5.10 Å². The van der Waals surface area contributed by atoms with Crippen molar-refractivity contribution in [2.24, 2.45) is 0 Å². The average Bonchev–Trinajstić information content (AvgIpc) is 3.31. The number of thiazole rings is 1. The number of carbonyl (C=O) groups excluding carboxylic acids is 1. The number of nitrogens with zero attached hydrogens (tertiary/aromatic N) is 6. The van der Waals surface area contributed by atoms with Crippen LogP contribution >= 0.6 is 11.3 Å². The summed E-state index contributed by atoms with van der Waals surface area (Å²) in [6, 6.07) is 5.84. The minimum atomic E-state index is -0.403. The van der Waals surface area contributed by atoms with Crippen LogP contribution in [0, 0.1) is 19.7 Å². The molecule has 0 fully saturated rings. The number of aromatic nitrogens is 6. The van der Waals surface area contributed by atoms with E-state index in [1.165, 1.54) is 27.7 Å². The number of hydrogen-bond donors (Lipinski definition) is 1. The Balaban J connectivity index is 1.50. The zero-order chi connectivity index (χ0) is 22.0. The van der Waals surface area contributed by atoms with Gasteiger partial charge >= 0.3 is 5.69 Å². The van der Waals surface area contributed by atoms with Crippen molar-refractivity contribution in [1.82, 2.24) is 34.6 Å². The van der Waals surface area contributed by atoms with E-state index in [9.17, 15) is 14.0 Å². The summed E-state index contributed by atoms with van der Waals surface area (Å²) in [5.74, 6) is -0.657. The maximum Gasteiger partial charge on any atom is 0.352 e. The first-order valence-electron chi connectivity index (χ1n) is 9.33. The summed E-state index contributed by atoms with van der Waals surface area (Å²) in [5.41, 5.74) is 2.28. The van der Waals surface area contributed by atoms with Crippen LogP contribution in [0.4, 0.5) is 4.39 Å². The van der Waals surface area contributed by atoms with Gasteiger partial charge in [-0.05, 0) is 31.5 Å². The lowest BCUT2D eigenvalue weighted by molar-refractivity contribution is 0.0953. The fourth-order valence-corrected chi connectivity index (χ4v) is 3.74. The molecule has 0 aliphatic heterocycles. The third kappa shape index (κ3) is 4.56. The zero-order valence-electron chi connectivity index (χ0n) is 16.7.